The number of rotatable bonds is 6. The first kappa shape index (κ1) is 20.0. The van der Waals surface area contributed by atoms with Crippen molar-refractivity contribution in [3.63, 3.8) is 0 Å². The fourth-order valence-electron chi connectivity index (χ4n) is 4.89. The van der Waals surface area contributed by atoms with Gasteiger partial charge in [0.1, 0.15) is 5.82 Å². The zero-order valence-electron chi connectivity index (χ0n) is 18.0. The Labute approximate surface area is 184 Å². The quantitative estimate of drug-likeness (QED) is 0.569. The van der Waals surface area contributed by atoms with Crippen LogP contribution in [0.4, 0.5) is 11.5 Å². The molecule has 3 heterocycles. The number of unbranched alkanes of at least 4 members (excludes halogenated alkanes) is 1. The van der Waals surface area contributed by atoms with Crippen LogP contribution in [0.15, 0.2) is 60.8 Å². The molecule has 1 amide bonds. The van der Waals surface area contributed by atoms with E-state index in [1.165, 1.54) is 16.3 Å². The lowest BCUT2D eigenvalue weighted by molar-refractivity contribution is -0.118. The molecule has 1 saturated heterocycles. The molecule has 0 unspecified atom stereocenters. The maximum absolute atomic E-state index is 12.4. The van der Waals surface area contributed by atoms with Crippen LogP contribution in [0.5, 0.6) is 0 Å². The average Bonchev–Trinajstić information content (AvgIpc) is 2.83. The Morgan fingerprint density at radius 3 is 2.48 bits per heavy atom. The average molecular weight is 415 g/mol. The first-order valence-electron chi connectivity index (χ1n) is 11.5. The van der Waals surface area contributed by atoms with Crippen LogP contribution >= 0.6 is 0 Å². The van der Waals surface area contributed by atoms with Crippen LogP contribution in [0.1, 0.15) is 24.8 Å². The molecule has 0 aliphatic carbocycles. The molecular weight excluding hydrogens is 384 g/mol. The number of para-hydroxylation sites is 1. The Morgan fingerprint density at radius 1 is 0.806 bits per heavy atom. The number of carbonyl (C=O) groups is 1. The minimum Gasteiger partial charge on any atom is -0.354 e. The van der Waals surface area contributed by atoms with Crippen LogP contribution in [-0.2, 0) is 11.2 Å². The fourth-order valence-corrected chi connectivity index (χ4v) is 4.89. The van der Waals surface area contributed by atoms with Crippen molar-refractivity contribution in [2.75, 3.05) is 49.1 Å². The van der Waals surface area contributed by atoms with Crippen molar-refractivity contribution in [1.82, 2.24) is 9.88 Å². The lowest BCUT2D eigenvalue weighted by Gasteiger charge is -2.36. The van der Waals surface area contributed by atoms with Gasteiger partial charge in [0.05, 0.1) is 0 Å². The van der Waals surface area contributed by atoms with Gasteiger partial charge in [-0.25, -0.2) is 4.98 Å². The zero-order valence-corrected chi connectivity index (χ0v) is 18.0. The van der Waals surface area contributed by atoms with Crippen LogP contribution in [0.3, 0.4) is 0 Å². The van der Waals surface area contributed by atoms with Gasteiger partial charge < -0.3 is 9.80 Å². The predicted molar refractivity (Wildman–Crippen MR) is 127 cm³/mol. The molecule has 0 N–H and O–H groups in total. The van der Waals surface area contributed by atoms with Gasteiger partial charge in [0, 0.05) is 56.4 Å². The number of amides is 1. The monoisotopic (exact) mass is 414 g/mol. The van der Waals surface area contributed by atoms with Crippen molar-refractivity contribution < 1.29 is 4.79 Å². The number of piperazine rings is 1. The Hall–Kier alpha value is -2.92. The Balaban J connectivity index is 1.11. The summed E-state index contributed by atoms with van der Waals surface area (Å²) in [4.78, 5) is 24.1. The van der Waals surface area contributed by atoms with E-state index in [-0.39, 0.29) is 5.91 Å². The van der Waals surface area contributed by atoms with E-state index in [9.17, 15) is 4.79 Å². The van der Waals surface area contributed by atoms with Gasteiger partial charge in [-0.1, -0.05) is 42.5 Å². The summed E-state index contributed by atoms with van der Waals surface area (Å²) in [5.74, 6) is 1.38. The summed E-state index contributed by atoms with van der Waals surface area (Å²) >= 11 is 0. The highest BCUT2D eigenvalue weighted by Gasteiger charge is 2.23. The SMILES string of the molecule is O=C1CCc2ccccc2N1CCCCN1CCN(c2nccc3ccccc23)CC1. The molecule has 5 nitrogen and oxygen atoms in total. The lowest BCUT2D eigenvalue weighted by atomic mass is 10.0. The smallest absolute Gasteiger partial charge is 0.227 e. The van der Waals surface area contributed by atoms with Crippen molar-refractivity contribution in [1.29, 1.82) is 0 Å². The molecule has 31 heavy (non-hydrogen) atoms. The Bertz CT molecular complexity index is 1050. The number of pyridine rings is 1. The highest BCUT2D eigenvalue weighted by molar-refractivity contribution is 5.96. The second-order valence-electron chi connectivity index (χ2n) is 8.57. The van der Waals surface area contributed by atoms with Gasteiger partial charge in [-0.15, -0.1) is 0 Å². The largest absolute Gasteiger partial charge is 0.354 e. The van der Waals surface area contributed by atoms with Gasteiger partial charge in [0.25, 0.3) is 0 Å². The van der Waals surface area contributed by atoms with Crippen LogP contribution in [0.2, 0.25) is 0 Å². The zero-order chi connectivity index (χ0) is 21.0. The highest BCUT2D eigenvalue weighted by atomic mass is 16.2. The molecule has 5 heteroatoms. The third-order valence-electron chi connectivity index (χ3n) is 6.62. The van der Waals surface area contributed by atoms with Crippen LogP contribution in [0, 0.1) is 0 Å². The van der Waals surface area contributed by atoms with Gasteiger partial charge >= 0.3 is 0 Å². The molecule has 0 spiro atoms. The van der Waals surface area contributed by atoms with Crippen molar-refractivity contribution >= 4 is 28.2 Å². The van der Waals surface area contributed by atoms with E-state index >= 15 is 0 Å². The van der Waals surface area contributed by atoms with Gasteiger partial charge in [-0.3, -0.25) is 9.69 Å². The van der Waals surface area contributed by atoms with E-state index in [0.717, 1.165) is 70.0 Å². The van der Waals surface area contributed by atoms with Crippen LogP contribution < -0.4 is 9.80 Å². The third-order valence-corrected chi connectivity index (χ3v) is 6.62. The Kier molecular flexibility index (Phi) is 5.85. The number of carbonyl (C=O) groups excluding carboxylic acids is 1. The molecule has 5 rings (SSSR count). The van der Waals surface area contributed by atoms with Crippen LogP contribution in [0.25, 0.3) is 10.8 Å². The number of benzene rings is 2. The van der Waals surface area contributed by atoms with E-state index in [4.69, 9.17) is 0 Å². The molecular formula is C26H30N4O. The predicted octanol–water partition coefficient (Wildman–Crippen LogP) is 4.12. The normalized spacial score (nSPS) is 17.2. The summed E-state index contributed by atoms with van der Waals surface area (Å²) < 4.78 is 0. The van der Waals surface area contributed by atoms with E-state index in [1.807, 2.05) is 17.2 Å². The Morgan fingerprint density at radius 2 is 1.58 bits per heavy atom. The second-order valence-corrected chi connectivity index (χ2v) is 8.57. The summed E-state index contributed by atoms with van der Waals surface area (Å²) in [5, 5.41) is 2.49. The van der Waals surface area contributed by atoms with E-state index < -0.39 is 0 Å². The fraction of sp³-hybridized carbons (Fsp3) is 0.385. The molecule has 1 fully saturated rings. The molecule has 2 aromatic carbocycles. The summed E-state index contributed by atoms with van der Waals surface area (Å²) in [7, 11) is 0. The minimum absolute atomic E-state index is 0.273. The first-order valence-corrected chi connectivity index (χ1v) is 11.5. The number of fused-ring (bicyclic) bond motifs is 2. The van der Waals surface area contributed by atoms with Crippen molar-refractivity contribution in [3.05, 3.63) is 66.4 Å². The van der Waals surface area contributed by atoms with Crippen molar-refractivity contribution in [3.8, 4) is 0 Å². The molecule has 160 valence electrons. The van der Waals surface area contributed by atoms with E-state index in [0.29, 0.717) is 6.42 Å². The second kappa shape index (κ2) is 9.06. The number of hydrogen-bond donors (Lipinski definition) is 0. The molecule has 2 aliphatic heterocycles. The van der Waals surface area contributed by atoms with Gasteiger partial charge in [0.15, 0.2) is 0 Å². The number of anilines is 2. The van der Waals surface area contributed by atoms with E-state index in [2.05, 4.69) is 63.3 Å². The first-order chi connectivity index (χ1) is 15.3. The van der Waals surface area contributed by atoms with Gasteiger partial charge in [0.2, 0.25) is 5.91 Å². The number of nitrogens with zero attached hydrogens (tertiary/aromatic N) is 4. The number of hydrogen-bond acceptors (Lipinski definition) is 4. The molecule has 0 atom stereocenters. The van der Waals surface area contributed by atoms with Crippen molar-refractivity contribution in [2.45, 2.75) is 25.7 Å². The maximum Gasteiger partial charge on any atom is 0.227 e. The molecule has 2 aliphatic rings. The molecule has 0 radical (unpaired) electrons. The summed E-state index contributed by atoms with van der Waals surface area (Å²) in [6.45, 7) is 6.08. The third kappa shape index (κ3) is 4.28. The van der Waals surface area contributed by atoms with Gasteiger partial charge in [-0.2, -0.15) is 0 Å². The summed E-state index contributed by atoms with van der Waals surface area (Å²) in [6.07, 6.45) is 5.61. The van der Waals surface area contributed by atoms with Crippen molar-refractivity contribution in [2.24, 2.45) is 0 Å². The molecule has 1 aromatic heterocycles. The molecule has 3 aromatic rings. The lowest BCUT2D eigenvalue weighted by Crippen LogP contribution is -2.47. The topological polar surface area (TPSA) is 39.7 Å². The summed E-state index contributed by atoms with van der Waals surface area (Å²) in [6, 6.07) is 18.9. The minimum atomic E-state index is 0.273. The standard InChI is InChI=1S/C26H30N4O/c31-25-12-11-22-8-2-4-10-24(22)30(25)16-6-5-15-28-17-19-29(20-18-28)26-23-9-3-1-7-21(23)13-14-27-26/h1-4,7-10,13-14H,5-6,11-12,15-20H2. The molecule has 0 bridgehead atoms. The van der Waals surface area contributed by atoms with E-state index in [1.54, 1.807) is 0 Å². The number of aromatic nitrogens is 1. The number of aryl methyl sites for hydroxylation is 1. The maximum atomic E-state index is 12.4. The molecule has 0 saturated carbocycles. The van der Waals surface area contributed by atoms with Gasteiger partial charge in [-0.05, 0) is 48.9 Å². The van der Waals surface area contributed by atoms with Crippen LogP contribution in [-0.4, -0.2) is 55.1 Å². The highest BCUT2D eigenvalue weighted by Crippen LogP contribution is 2.28. The summed E-state index contributed by atoms with van der Waals surface area (Å²) in [5.41, 5.74) is 2.43.